The van der Waals surface area contributed by atoms with Crippen LogP contribution in [0, 0.1) is 35.3 Å². The summed E-state index contributed by atoms with van der Waals surface area (Å²) in [7, 11) is 1.30. The van der Waals surface area contributed by atoms with E-state index in [1.807, 2.05) is 37.3 Å². The van der Waals surface area contributed by atoms with Gasteiger partial charge in [-0.2, -0.15) is 4.39 Å². The van der Waals surface area contributed by atoms with E-state index < -0.39 is 11.6 Å². The Balaban J connectivity index is 1.59. The molecule has 38 heavy (non-hydrogen) atoms. The number of fused-ring (bicyclic) bond motifs is 1. The first-order valence-corrected chi connectivity index (χ1v) is 12.4. The molecule has 0 saturated heterocycles. The highest BCUT2D eigenvalue weighted by Gasteiger charge is 2.27. The number of benzene rings is 2. The lowest BCUT2D eigenvalue weighted by atomic mass is 9.88. The summed E-state index contributed by atoms with van der Waals surface area (Å²) < 4.78 is 33.9. The topological polar surface area (TPSA) is 74.5 Å². The minimum absolute atomic E-state index is 0.00659. The van der Waals surface area contributed by atoms with Crippen LogP contribution in [0.4, 0.5) is 14.5 Å². The summed E-state index contributed by atoms with van der Waals surface area (Å²) in [6, 6.07) is 8.49. The summed E-state index contributed by atoms with van der Waals surface area (Å²) in [6.45, 7) is 1.98. The number of allylic oxidation sites excluding steroid dienone is 5. The van der Waals surface area contributed by atoms with E-state index in [0.717, 1.165) is 22.7 Å². The molecule has 0 amide bonds. The predicted molar refractivity (Wildman–Crippen MR) is 148 cm³/mol. The third-order valence-electron chi connectivity index (χ3n) is 6.62. The SMILES string of the molecule is C#CCC(=N)CC(=O)c1ccc(NC2=CCC=CC3CC(c4ccc(OC)c(F)c4F)=CN=C23)cc1CC. The van der Waals surface area contributed by atoms with Crippen LogP contribution in [0.3, 0.4) is 0 Å². The molecule has 2 aromatic carbocycles. The molecule has 2 N–H and O–H groups in total. The summed E-state index contributed by atoms with van der Waals surface area (Å²) in [4.78, 5) is 17.4. The number of methoxy groups -OCH3 is 1. The number of carbonyl (C=O) groups is 1. The highest BCUT2D eigenvalue weighted by Crippen LogP contribution is 2.35. The number of hydrogen-bond acceptors (Lipinski definition) is 5. The molecule has 1 aliphatic heterocycles. The molecule has 1 atom stereocenters. The van der Waals surface area contributed by atoms with Crippen LogP contribution in [0.15, 0.2) is 65.4 Å². The van der Waals surface area contributed by atoms with Gasteiger partial charge in [0.25, 0.3) is 0 Å². The van der Waals surface area contributed by atoms with E-state index in [-0.39, 0.29) is 41.6 Å². The summed E-state index contributed by atoms with van der Waals surface area (Å²) >= 11 is 0. The zero-order valence-electron chi connectivity index (χ0n) is 21.4. The number of halogens is 2. The van der Waals surface area contributed by atoms with Crippen LogP contribution in [0.2, 0.25) is 0 Å². The number of rotatable bonds is 9. The lowest BCUT2D eigenvalue weighted by Crippen LogP contribution is -2.22. The van der Waals surface area contributed by atoms with Gasteiger partial charge < -0.3 is 15.5 Å². The molecule has 4 rings (SSSR count). The van der Waals surface area contributed by atoms with Gasteiger partial charge in [-0.05, 0) is 60.7 Å². The number of nitrogens with one attached hydrogen (secondary N) is 2. The maximum atomic E-state index is 14.7. The normalized spacial score (nSPS) is 16.3. The van der Waals surface area contributed by atoms with Crippen molar-refractivity contribution in [3.05, 3.63) is 88.8 Å². The first kappa shape index (κ1) is 26.7. The molecule has 2 aromatic rings. The van der Waals surface area contributed by atoms with E-state index in [1.54, 1.807) is 12.3 Å². The lowest BCUT2D eigenvalue weighted by molar-refractivity contribution is 0.0999. The van der Waals surface area contributed by atoms with Crippen molar-refractivity contribution >= 4 is 28.5 Å². The number of terminal acetylenes is 1. The maximum Gasteiger partial charge on any atom is 0.201 e. The number of hydrogen-bond donors (Lipinski definition) is 2. The van der Waals surface area contributed by atoms with Crippen molar-refractivity contribution in [3.63, 3.8) is 0 Å². The molecule has 5 nitrogen and oxygen atoms in total. The van der Waals surface area contributed by atoms with Crippen LogP contribution in [0.25, 0.3) is 5.57 Å². The fourth-order valence-corrected chi connectivity index (χ4v) is 4.69. The number of ketones is 1. The van der Waals surface area contributed by atoms with E-state index in [4.69, 9.17) is 16.6 Å². The first-order chi connectivity index (χ1) is 18.4. The van der Waals surface area contributed by atoms with Crippen LogP contribution in [0.1, 0.15) is 54.1 Å². The van der Waals surface area contributed by atoms with Crippen molar-refractivity contribution in [1.29, 1.82) is 5.41 Å². The molecule has 0 radical (unpaired) electrons. The van der Waals surface area contributed by atoms with E-state index >= 15 is 0 Å². The minimum Gasteiger partial charge on any atom is -0.494 e. The number of carbonyl (C=O) groups excluding carboxylic acids is 1. The second kappa shape index (κ2) is 11.8. The number of aliphatic imine (C=N–C) groups is 1. The van der Waals surface area contributed by atoms with Crippen LogP contribution in [0.5, 0.6) is 5.75 Å². The molecule has 0 saturated carbocycles. The number of anilines is 1. The van der Waals surface area contributed by atoms with Crippen LogP contribution < -0.4 is 10.1 Å². The van der Waals surface area contributed by atoms with Gasteiger partial charge in [0.1, 0.15) is 0 Å². The second-order valence-corrected chi connectivity index (χ2v) is 9.14. The van der Waals surface area contributed by atoms with Gasteiger partial charge in [-0.15, -0.1) is 12.3 Å². The van der Waals surface area contributed by atoms with Crippen LogP contribution >= 0.6 is 0 Å². The van der Waals surface area contributed by atoms with Gasteiger partial charge in [0, 0.05) is 47.5 Å². The van der Waals surface area contributed by atoms with Gasteiger partial charge in [-0.1, -0.05) is 25.2 Å². The summed E-state index contributed by atoms with van der Waals surface area (Å²) in [5.41, 5.74) is 4.91. The largest absolute Gasteiger partial charge is 0.494 e. The Morgan fingerprint density at radius 3 is 2.82 bits per heavy atom. The van der Waals surface area contributed by atoms with Gasteiger partial charge in [0.15, 0.2) is 17.3 Å². The minimum atomic E-state index is -1.01. The Morgan fingerprint density at radius 2 is 2.08 bits per heavy atom. The van der Waals surface area contributed by atoms with Gasteiger partial charge >= 0.3 is 0 Å². The fraction of sp³-hybridized carbons (Fsp3) is 0.258. The molecule has 2 aliphatic rings. The van der Waals surface area contributed by atoms with Crippen molar-refractivity contribution in [2.45, 2.75) is 39.0 Å². The van der Waals surface area contributed by atoms with Gasteiger partial charge in [-0.3, -0.25) is 9.79 Å². The first-order valence-electron chi connectivity index (χ1n) is 12.4. The van der Waals surface area contributed by atoms with Crippen molar-refractivity contribution < 1.29 is 18.3 Å². The van der Waals surface area contributed by atoms with Crippen LogP contribution in [-0.2, 0) is 6.42 Å². The van der Waals surface area contributed by atoms with Crippen molar-refractivity contribution in [2.75, 3.05) is 12.4 Å². The summed E-state index contributed by atoms with van der Waals surface area (Å²) in [5.74, 6) is 0.0664. The molecular weight excluding hydrogens is 484 g/mol. The van der Waals surface area contributed by atoms with E-state index in [2.05, 4.69) is 16.2 Å². The number of nitrogens with zero attached hydrogens (tertiary/aromatic N) is 1. The summed E-state index contributed by atoms with van der Waals surface area (Å²) in [6.07, 6.45) is 14.9. The van der Waals surface area contributed by atoms with Gasteiger partial charge in [0.2, 0.25) is 5.82 Å². The Kier molecular flexibility index (Phi) is 8.32. The summed E-state index contributed by atoms with van der Waals surface area (Å²) in [5, 5.41) is 11.3. The molecule has 194 valence electrons. The third kappa shape index (κ3) is 5.65. The van der Waals surface area contributed by atoms with Gasteiger partial charge in [0.05, 0.1) is 18.5 Å². The lowest BCUT2D eigenvalue weighted by Gasteiger charge is -2.24. The van der Waals surface area contributed by atoms with Crippen LogP contribution in [-0.4, -0.2) is 24.3 Å². The van der Waals surface area contributed by atoms with E-state index in [9.17, 15) is 13.6 Å². The van der Waals surface area contributed by atoms with Crippen molar-refractivity contribution in [1.82, 2.24) is 0 Å². The zero-order chi connectivity index (χ0) is 27.2. The molecule has 1 heterocycles. The average molecular weight is 514 g/mol. The average Bonchev–Trinajstić information content (AvgIpc) is 3.11. The Bertz CT molecular complexity index is 1440. The Labute approximate surface area is 221 Å². The highest BCUT2D eigenvalue weighted by molar-refractivity contribution is 6.10. The molecule has 7 heteroatoms. The Hall–Kier alpha value is -4.31. The fourth-order valence-electron chi connectivity index (χ4n) is 4.69. The van der Waals surface area contributed by atoms with Gasteiger partial charge in [-0.25, -0.2) is 4.39 Å². The van der Waals surface area contributed by atoms with E-state index in [1.165, 1.54) is 19.2 Å². The number of aryl methyl sites for hydroxylation is 1. The molecule has 0 bridgehead atoms. The van der Waals surface area contributed by atoms with Crippen molar-refractivity contribution in [3.8, 4) is 18.1 Å². The molecule has 1 unspecified atom stereocenters. The van der Waals surface area contributed by atoms with Crippen molar-refractivity contribution in [2.24, 2.45) is 10.9 Å². The predicted octanol–water partition coefficient (Wildman–Crippen LogP) is 6.91. The highest BCUT2D eigenvalue weighted by atomic mass is 19.2. The standard InChI is InChI=1S/C31H29F2N3O2/c1-4-8-22(34)17-27(37)24-12-11-23(16-19(24)5-2)36-26-10-7-6-9-20-15-21(18-35-31(20)26)25-13-14-28(38-3)30(33)29(25)32/h1,6,9-14,16,18,20,34,36H,5,7-8,15,17H2,2-3H3. The zero-order valence-corrected chi connectivity index (χ0v) is 21.4. The molecule has 1 aliphatic carbocycles. The monoisotopic (exact) mass is 513 g/mol. The third-order valence-corrected chi connectivity index (χ3v) is 6.62. The number of ether oxygens (including phenoxy) is 1. The number of Topliss-reactive ketones (excluding diaryl/α,β-unsaturated/α-hetero) is 1. The Morgan fingerprint density at radius 1 is 1.26 bits per heavy atom. The van der Waals surface area contributed by atoms with E-state index in [0.29, 0.717) is 30.4 Å². The molecule has 0 spiro atoms. The molecule has 0 fully saturated rings. The quantitative estimate of drug-likeness (QED) is 0.166. The smallest absolute Gasteiger partial charge is 0.201 e. The molecular formula is C31H29F2N3O2. The maximum absolute atomic E-state index is 14.7. The second-order valence-electron chi connectivity index (χ2n) is 9.14. The molecule has 0 aromatic heterocycles.